The minimum absolute atomic E-state index is 0.0585. The van der Waals surface area contributed by atoms with Crippen molar-refractivity contribution in [3.05, 3.63) is 29.8 Å². The average Bonchev–Trinajstić information content (AvgIpc) is 2.69. The van der Waals surface area contributed by atoms with Crippen molar-refractivity contribution >= 4 is 17.3 Å². The molecular formula is C15H21N3O. The Balaban J connectivity index is 2.32. The summed E-state index contributed by atoms with van der Waals surface area (Å²) in [6.45, 7) is 4.61. The minimum atomic E-state index is -0.135. The van der Waals surface area contributed by atoms with E-state index in [0.717, 1.165) is 29.8 Å². The number of carbonyl (C=O) groups excluding carboxylic acids is 1. The third kappa shape index (κ3) is 2.68. The molecule has 2 rings (SSSR count). The summed E-state index contributed by atoms with van der Waals surface area (Å²) in [7, 11) is 0. The molecule has 0 saturated heterocycles. The lowest BCUT2D eigenvalue weighted by Gasteiger charge is -2.16. The van der Waals surface area contributed by atoms with Crippen molar-refractivity contribution in [3.63, 3.8) is 0 Å². The van der Waals surface area contributed by atoms with Gasteiger partial charge in [-0.3, -0.25) is 4.79 Å². The zero-order valence-electron chi connectivity index (χ0n) is 11.6. The number of hydrogen-bond donors (Lipinski definition) is 1. The van der Waals surface area contributed by atoms with Gasteiger partial charge >= 0.3 is 0 Å². The Morgan fingerprint density at radius 2 is 2.11 bits per heavy atom. The molecule has 0 radical (unpaired) electrons. The van der Waals surface area contributed by atoms with Gasteiger partial charge in [0.1, 0.15) is 0 Å². The Labute approximate surface area is 114 Å². The lowest BCUT2D eigenvalue weighted by Crippen LogP contribution is -2.29. The molecule has 4 heteroatoms. The molecular weight excluding hydrogens is 238 g/mol. The maximum atomic E-state index is 12.5. The molecule has 0 saturated carbocycles. The maximum absolute atomic E-state index is 12.5. The third-order valence-corrected chi connectivity index (χ3v) is 3.44. The Morgan fingerprint density at radius 1 is 1.37 bits per heavy atom. The molecule has 0 aromatic heterocycles. The van der Waals surface area contributed by atoms with Crippen molar-refractivity contribution in [3.8, 4) is 0 Å². The van der Waals surface area contributed by atoms with E-state index >= 15 is 0 Å². The van der Waals surface area contributed by atoms with E-state index < -0.39 is 0 Å². The van der Waals surface area contributed by atoms with Crippen LogP contribution in [0, 0.1) is 12.8 Å². The molecule has 1 aromatic rings. The van der Waals surface area contributed by atoms with E-state index in [9.17, 15) is 4.79 Å². The smallest absolute Gasteiger partial charge is 0.256 e. The van der Waals surface area contributed by atoms with Crippen LogP contribution in [0.3, 0.4) is 0 Å². The highest BCUT2D eigenvalue weighted by Crippen LogP contribution is 2.29. The summed E-state index contributed by atoms with van der Waals surface area (Å²) in [4.78, 5) is 12.5. The molecule has 4 nitrogen and oxygen atoms in total. The van der Waals surface area contributed by atoms with E-state index in [-0.39, 0.29) is 11.8 Å². The molecule has 1 aliphatic heterocycles. The predicted molar refractivity (Wildman–Crippen MR) is 78.2 cm³/mol. The van der Waals surface area contributed by atoms with Crippen molar-refractivity contribution in [2.75, 3.05) is 11.6 Å². The molecule has 2 N–H and O–H groups in total. The SMILES string of the molecule is CCCC1=NN(c2ccccc2C)C(=O)C1CCN. The van der Waals surface area contributed by atoms with Crippen LogP contribution in [0.2, 0.25) is 0 Å². The van der Waals surface area contributed by atoms with Gasteiger partial charge in [-0.1, -0.05) is 31.5 Å². The summed E-state index contributed by atoms with van der Waals surface area (Å²) >= 11 is 0. The largest absolute Gasteiger partial charge is 0.330 e. The number of anilines is 1. The molecule has 1 atom stereocenters. The fourth-order valence-electron chi connectivity index (χ4n) is 2.45. The number of amides is 1. The zero-order chi connectivity index (χ0) is 13.8. The van der Waals surface area contributed by atoms with Crippen LogP contribution >= 0.6 is 0 Å². The van der Waals surface area contributed by atoms with Crippen molar-refractivity contribution in [2.45, 2.75) is 33.1 Å². The van der Waals surface area contributed by atoms with Gasteiger partial charge in [0.15, 0.2) is 0 Å². The Kier molecular flexibility index (Phi) is 4.32. The van der Waals surface area contributed by atoms with Crippen LogP contribution in [-0.4, -0.2) is 18.2 Å². The molecule has 1 aromatic carbocycles. The van der Waals surface area contributed by atoms with Crippen molar-refractivity contribution in [2.24, 2.45) is 16.8 Å². The van der Waals surface area contributed by atoms with Gasteiger partial charge in [0.2, 0.25) is 0 Å². The molecule has 19 heavy (non-hydrogen) atoms. The number of hydrogen-bond acceptors (Lipinski definition) is 3. The van der Waals surface area contributed by atoms with Gasteiger partial charge in [0.25, 0.3) is 5.91 Å². The van der Waals surface area contributed by atoms with Gasteiger partial charge in [0, 0.05) is 0 Å². The standard InChI is InChI=1S/C15H21N3O/c1-3-6-13-12(9-10-16)15(19)18(17-13)14-8-5-4-7-11(14)2/h4-5,7-8,12H,3,6,9-10,16H2,1-2H3. The Bertz CT molecular complexity index is 496. The molecule has 1 aliphatic rings. The molecule has 102 valence electrons. The maximum Gasteiger partial charge on any atom is 0.256 e. The predicted octanol–water partition coefficient (Wildman–Crippen LogP) is 2.46. The topological polar surface area (TPSA) is 58.7 Å². The number of carbonyl (C=O) groups is 1. The number of nitrogens with zero attached hydrogens (tertiary/aromatic N) is 2. The Morgan fingerprint density at radius 3 is 2.74 bits per heavy atom. The van der Waals surface area contributed by atoms with E-state index in [4.69, 9.17) is 5.73 Å². The molecule has 0 spiro atoms. The molecule has 1 amide bonds. The summed E-state index contributed by atoms with van der Waals surface area (Å²) in [6.07, 6.45) is 2.54. The monoisotopic (exact) mass is 259 g/mol. The van der Waals surface area contributed by atoms with Crippen molar-refractivity contribution in [1.82, 2.24) is 0 Å². The van der Waals surface area contributed by atoms with Gasteiger partial charge < -0.3 is 5.73 Å². The minimum Gasteiger partial charge on any atom is -0.330 e. The van der Waals surface area contributed by atoms with Crippen LogP contribution in [0.1, 0.15) is 31.7 Å². The summed E-state index contributed by atoms with van der Waals surface area (Å²) in [5.41, 5.74) is 8.53. The summed E-state index contributed by atoms with van der Waals surface area (Å²) < 4.78 is 0. The fraction of sp³-hybridized carbons (Fsp3) is 0.467. The molecule has 0 bridgehead atoms. The van der Waals surface area contributed by atoms with Gasteiger partial charge in [-0.2, -0.15) is 10.1 Å². The van der Waals surface area contributed by atoms with Crippen molar-refractivity contribution in [1.29, 1.82) is 0 Å². The van der Waals surface area contributed by atoms with Crippen LogP contribution in [0.25, 0.3) is 0 Å². The van der Waals surface area contributed by atoms with E-state index in [1.807, 2.05) is 31.2 Å². The number of nitrogens with two attached hydrogens (primary N) is 1. The Hall–Kier alpha value is -1.68. The molecule has 1 unspecified atom stereocenters. The number of hydrazone groups is 1. The number of rotatable bonds is 5. The van der Waals surface area contributed by atoms with Crippen LogP contribution in [0.5, 0.6) is 0 Å². The zero-order valence-corrected chi connectivity index (χ0v) is 11.6. The highest BCUT2D eigenvalue weighted by molar-refractivity contribution is 6.15. The van der Waals surface area contributed by atoms with Crippen LogP contribution < -0.4 is 10.7 Å². The van der Waals surface area contributed by atoms with Gasteiger partial charge in [-0.05, 0) is 37.9 Å². The third-order valence-electron chi connectivity index (χ3n) is 3.44. The first kappa shape index (κ1) is 13.7. The number of para-hydroxylation sites is 1. The van der Waals surface area contributed by atoms with Crippen molar-refractivity contribution < 1.29 is 4.79 Å². The second kappa shape index (κ2) is 5.97. The summed E-state index contributed by atoms with van der Waals surface area (Å²) in [5, 5.41) is 6.09. The number of aryl methyl sites for hydroxylation is 1. The fourth-order valence-corrected chi connectivity index (χ4v) is 2.45. The first-order valence-corrected chi connectivity index (χ1v) is 6.86. The second-order valence-corrected chi connectivity index (χ2v) is 4.91. The second-order valence-electron chi connectivity index (χ2n) is 4.91. The lowest BCUT2D eigenvalue weighted by molar-refractivity contribution is -0.119. The lowest BCUT2D eigenvalue weighted by atomic mass is 9.96. The normalized spacial score (nSPS) is 18.9. The molecule has 0 fully saturated rings. The van der Waals surface area contributed by atoms with E-state index in [0.29, 0.717) is 13.0 Å². The van der Waals surface area contributed by atoms with Crippen LogP contribution in [0.15, 0.2) is 29.4 Å². The number of benzene rings is 1. The van der Waals surface area contributed by atoms with E-state index in [2.05, 4.69) is 12.0 Å². The average molecular weight is 259 g/mol. The highest BCUT2D eigenvalue weighted by Gasteiger charge is 2.35. The molecule has 1 heterocycles. The van der Waals surface area contributed by atoms with E-state index in [1.165, 1.54) is 0 Å². The van der Waals surface area contributed by atoms with Gasteiger partial charge in [-0.15, -0.1) is 0 Å². The summed E-state index contributed by atoms with van der Waals surface area (Å²) in [5.74, 6) is -0.0762. The van der Waals surface area contributed by atoms with Crippen LogP contribution in [0.4, 0.5) is 5.69 Å². The summed E-state index contributed by atoms with van der Waals surface area (Å²) in [6, 6.07) is 7.83. The first-order chi connectivity index (χ1) is 9.19. The highest BCUT2D eigenvalue weighted by atomic mass is 16.2. The van der Waals surface area contributed by atoms with Crippen LogP contribution in [-0.2, 0) is 4.79 Å². The molecule has 0 aliphatic carbocycles. The first-order valence-electron chi connectivity index (χ1n) is 6.86. The van der Waals surface area contributed by atoms with Gasteiger partial charge in [-0.25, -0.2) is 0 Å². The van der Waals surface area contributed by atoms with Gasteiger partial charge in [0.05, 0.1) is 17.3 Å². The van der Waals surface area contributed by atoms with E-state index in [1.54, 1.807) is 5.01 Å². The quantitative estimate of drug-likeness (QED) is 0.883.